The molecule has 3 heteroatoms. The van der Waals surface area contributed by atoms with Crippen molar-refractivity contribution in [3.05, 3.63) is 41.0 Å². The molecule has 0 amide bonds. The first-order valence-corrected chi connectivity index (χ1v) is 5.30. The lowest BCUT2D eigenvalue weighted by atomic mass is 10.0. The van der Waals surface area contributed by atoms with E-state index in [-0.39, 0.29) is 0 Å². The van der Waals surface area contributed by atoms with Crippen LogP contribution in [0.2, 0.25) is 0 Å². The highest BCUT2D eigenvalue weighted by Gasteiger charge is 2.03. The molecular formula is C13H17NO2. The average molecular weight is 219 g/mol. The molecule has 0 unspecified atom stereocenters. The van der Waals surface area contributed by atoms with Crippen LogP contribution in [0.5, 0.6) is 0 Å². The molecule has 3 nitrogen and oxygen atoms in total. The van der Waals surface area contributed by atoms with Crippen molar-refractivity contribution >= 4 is 12.0 Å². The predicted molar refractivity (Wildman–Crippen MR) is 65.7 cm³/mol. The van der Waals surface area contributed by atoms with Gasteiger partial charge in [-0.25, -0.2) is 4.79 Å². The summed E-state index contributed by atoms with van der Waals surface area (Å²) in [7, 11) is 1.92. The summed E-state index contributed by atoms with van der Waals surface area (Å²) >= 11 is 0. The fourth-order valence-electron chi connectivity index (χ4n) is 1.43. The Hall–Kier alpha value is -1.61. The number of carboxylic acid groups (broad SMARTS) is 1. The zero-order valence-corrected chi connectivity index (χ0v) is 9.66. The van der Waals surface area contributed by atoms with Gasteiger partial charge < -0.3 is 10.4 Å². The maximum Gasteiger partial charge on any atom is 0.335 e. The Morgan fingerprint density at radius 2 is 2.25 bits per heavy atom. The molecule has 16 heavy (non-hydrogen) atoms. The van der Waals surface area contributed by atoms with E-state index in [1.54, 1.807) is 12.1 Å². The summed E-state index contributed by atoms with van der Waals surface area (Å²) in [6.45, 7) is 2.87. The number of aryl methyl sites for hydroxylation is 1. The molecule has 86 valence electrons. The van der Waals surface area contributed by atoms with Crippen molar-refractivity contribution in [3.8, 4) is 0 Å². The molecule has 1 aromatic rings. The Balaban J connectivity index is 2.75. The van der Waals surface area contributed by atoms with Gasteiger partial charge in [-0.05, 0) is 50.2 Å². The number of nitrogens with one attached hydrogen (secondary N) is 1. The van der Waals surface area contributed by atoms with E-state index in [0.29, 0.717) is 5.56 Å². The molecule has 0 heterocycles. The highest BCUT2D eigenvalue weighted by molar-refractivity contribution is 5.88. The molecule has 0 aromatic heterocycles. The normalized spacial score (nSPS) is 10.9. The Bertz CT molecular complexity index is 397. The number of rotatable bonds is 5. The first kappa shape index (κ1) is 12.5. The molecule has 0 saturated heterocycles. The van der Waals surface area contributed by atoms with Gasteiger partial charge in [-0.2, -0.15) is 0 Å². The zero-order valence-electron chi connectivity index (χ0n) is 9.66. The second-order valence-electron chi connectivity index (χ2n) is 3.67. The lowest BCUT2D eigenvalue weighted by Crippen LogP contribution is -2.05. The summed E-state index contributed by atoms with van der Waals surface area (Å²) in [5, 5.41) is 11.9. The van der Waals surface area contributed by atoms with E-state index in [4.69, 9.17) is 5.11 Å². The molecule has 0 aliphatic rings. The molecule has 1 rings (SSSR count). The Morgan fingerprint density at radius 3 is 2.81 bits per heavy atom. The minimum atomic E-state index is -0.881. The summed E-state index contributed by atoms with van der Waals surface area (Å²) in [6, 6.07) is 5.17. The van der Waals surface area contributed by atoms with Crippen molar-refractivity contribution in [1.82, 2.24) is 5.32 Å². The third-order valence-electron chi connectivity index (χ3n) is 2.38. The predicted octanol–water partition coefficient (Wildman–Crippen LogP) is 2.32. The van der Waals surface area contributed by atoms with Crippen LogP contribution in [0.3, 0.4) is 0 Å². The van der Waals surface area contributed by atoms with Crippen LogP contribution in [0.4, 0.5) is 0 Å². The fourth-order valence-corrected chi connectivity index (χ4v) is 1.43. The summed E-state index contributed by atoms with van der Waals surface area (Å²) in [5.41, 5.74) is 2.39. The summed E-state index contributed by atoms with van der Waals surface area (Å²) < 4.78 is 0. The Labute approximate surface area is 95.8 Å². The summed E-state index contributed by atoms with van der Waals surface area (Å²) in [4.78, 5) is 10.7. The second-order valence-corrected chi connectivity index (χ2v) is 3.67. The lowest BCUT2D eigenvalue weighted by molar-refractivity contribution is 0.0697. The molecule has 0 saturated carbocycles. The van der Waals surface area contributed by atoms with E-state index < -0.39 is 5.97 Å². The first-order chi connectivity index (χ1) is 7.65. The minimum Gasteiger partial charge on any atom is -0.478 e. The molecule has 0 fully saturated rings. The van der Waals surface area contributed by atoms with Gasteiger partial charge in [0.2, 0.25) is 0 Å². The molecule has 0 aliphatic carbocycles. The van der Waals surface area contributed by atoms with Crippen molar-refractivity contribution in [1.29, 1.82) is 0 Å². The number of aromatic carboxylic acids is 1. The number of carboxylic acids is 1. The highest BCUT2D eigenvalue weighted by atomic mass is 16.4. The monoisotopic (exact) mass is 219 g/mol. The van der Waals surface area contributed by atoms with Crippen LogP contribution in [-0.2, 0) is 0 Å². The molecule has 0 aliphatic heterocycles. The van der Waals surface area contributed by atoms with Gasteiger partial charge in [0.15, 0.2) is 0 Å². The van der Waals surface area contributed by atoms with Gasteiger partial charge >= 0.3 is 5.97 Å². The Morgan fingerprint density at radius 1 is 1.50 bits per heavy atom. The zero-order chi connectivity index (χ0) is 12.0. The molecule has 1 aromatic carbocycles. The van der Waals surface area contributed by atoms with Crippen LogP contribution in [0, 0.1) is 6.92 Å². The van der Waals surface area contributed by atoms with Crippen LogP contribution in [0.25, 0.3) is 6.08 Å². The SMILES string of the molecule is CNCCC=Cc1ccc(C(=O)O)cc1C. The summed E-state index contributed by atoms with van der Waals surface area (Å²) in [5.74, 6) is -0.881. The van der Waals surface area contributed by atoms with Gasteiger partial charge in [0, 0.05) is 0 Å². The third-order valence-corrected chi connectivity index (χ3v) is 2.38. The molecule has 0 radical (unpaired) electrons. The number of benzene rings is 1. The lowest BCUT2D eigenvalue weighted by Gasteiger charge is -2.02. The summed E-state index contributed by atoms with van der Waals surface area (Å²) in [6.07, 6.45) is 5.08. The van der Waals surface area contributed by atoms with Crippen LogP contribution >= 0.6 is 0 Å². The standard InChI is InChI=1S/C13H17NO2/c1-10-9-12(13(15)16)7-6-11(10)5-3-4-8-14-2/h3,5-7,9,14H,4,8H2,1-2H3,(H,15,16). The molecule has 0 bridgehead atoms. The smallest absolute Gasteiger partial charge is 0.335 e. The molecule has 2 N–H and O–H groups in total. The quantitative estimate of drug-likeness (QED) is 0.747. The van der Waals surface area contributed by atoms with Crippen LogP contribution in [-0.4, -0.2) is 24.7 Å². The number of hydrogen-bond acceptors (Lipinski definition) is 2. The maximum atomic E-state index is 10.7. The first-order valence-electron chi connectivity index (χ1n) is 5.30. The second kappa shape index (κ2) is 6.08. The van der Waals surface area contributed by atoms with Crippen LogP contribution in [0.15, 0.2) is 24.3 Å². The van der Waals surface area contributed by atoms with E-state index in [0.717, 1.165) is 24.1 Å². The van der Waals surface area contributed by atoms with Gasteiger partial charge in [0.25, 0.3) is 0 Å². The maximum absolute atomic E-state index is 10.7. The van der Waals surface area contributed by atoms with Crippen molar-refractivity contribution in [2.45, 2.75) is 13.3 Å². The van der Waals surface area contributed by atoms with Crippen LogP contribution in [0.1, 0.15) is 27.9 Å². The molecule has 0 atom stereocenters. The highest BCUT2D eigenvalue weighted by Crippen LogP contribution is 2.13. The van der Waals surface area contributed by atoms with Crippen molar-refractivity contribution < 1.29 is 9.90 Å². The molecular weight excluding hydrogens is 202 g/mol. The van der Waals surface area contributed by atoms with Gasteiger partial charge in [-0.15, -0.1) is 0 Å². The van der Waals surface area contributed by atoms with Crippen molar-refractivity contribution in [2.75, 3.05) is 13.6 Å². The fraction of sp³-hybridized carbons (Fsp3) is 0.308. The van der Waals surface area contributed by atoms with Gasteiger partial charge in [0.05, 0.1) is 5.56 Å². The average Bonchev–Trinajstić information content (AvgIpc) is 2.26. The number of carbonyl (C=O) groups is 1. The van der Waals surface area contributed by atoms with Crippen LogP contribution < -0.4 is 5.32 Å². The van der Waals surface area contributed by atoms with Gasteiger partial charge in [-0.1, -0.05) is 18.2 Å². The number of hydrogen-bond donors (Lipinski definition) is 2. The molecule has 0 spiro atoms. The van der Waals surface area contributed by atoms with E-state index >= 15 is 0 Å². The van der Waals surface area contributed by atoms with Gasteiger partial charge in [0.1, 0.15) is 0 Å². The minimum absolute atomic E-state index is 0.338. The Kier molecular flexibility index (Phi) is 4.73. The van der Waals surface area contributed by atoms with E-state index in [2.05, 4.69) is 11.4 Å². The van der Waals surface area contributed by atoms with Crippen molar-refractivity contribution in [3.63, 3.8) is 0 Å². The van der Waals surface area contributed by atoms with E-state index in [9.17, 15) is 4.79 Å². The van der Waals surface area contributed by atoms with E-state index in [1.807, 2.05) is 26.1 Å². The largest absolute Gasteiger partial charge is 0.478 e. The van der Waals surface area contributed by atoms with Gasteiger partial charge in [-0.3, -0.25) is 0 Å². The van der Waals surface area contributed by atoms with E-state index in [1.165, 1.54) is 0 Å². The third kappa shape index (κ3) is 3.51. The topological polar surface area (TPSA) is 49.3 Å². The van der Waals surface area contributed by atoms with Crippen molar-refractivity contribution in [2.24, 2.45) is 0 Å².